The molecular weight excluding hydrogens is 388 g/mol. The Morgan fingerprint density at radius 3 is 2.61 bits per heavy atom. The highest BCUT2D eigenvalue weighted by molar-refractivity contribution is 5.77. The number of amides is 1. The molecule has 1 amide bonds. The molecule has 0 bridgehead atoms. The molecule has 0 aliphatic heterocycles. The van der Waals surface area contributed by atoms with Crippen molar-refractivity contribution < 1.29 is 4.79 Å². The molecule has 0 radical (unpaired) electrons. The highest BCUT2D eigenvalue weighted by Gasteiger charge is 2.13. The van der Waals surface area contributed by atoms with Crippen molar-refractivity contribution in [1.82, 2.24) is 29.5 Å². The fraction of sp³-hybridized carbons (Fsp3) is 0.167. The summed E-state index contributed by atoms with van der Waals surface area (Å²) in [7, 11) is 0. The summed E-state index contributed by atoms with van der Waals surface area (Å²) in [6.07, 6.45) is 4.65. The van der Waals surface area contributed by atoms with Gasteiger partial charge in [0, 0.05) is 37.3 Å². The molecule has 7 heteroatoms. The van der Waals surface area contributed by atoms with E-state index in [0.29, 0.717) is 19.4 Å². The van der Waals surface area contributed by atoms with E-state index in [1.54, 1.807) is 0 Å². The van der Waals surface area contributed by atoms with E-state index in [2.05, 4.69) is 51.8 Å². The van der Waals surface area contributed by atoms with Crippen molar-refractivity contribution in [3.05, 3.63) is 90.0 Å². The molecule has 0 atom stereocenters. The molecule has 5 rings (SSSR count). The monoisotopic (exact) mass is 410 g/mol. The topological polar surface area (TPSA) is 76.6 Å². The summed E-state index contributed by atoms with van der Waals surface area (Å²) in [6.45, 7) is 2.59. The number of benzene rings is 2. The standard InChI is InChI=1S/C24H22N6O/c1-17-7-9-19(10-8-17)20-15-21-24-27-26-22(29(24)13-14-30(21)28-20)11-12-23(31)25-16-18-5-3-2-4-6-18/h2-10,13-15H,11-12,16H2,1H3,(H,25,31). The van der Waals surface area contributed by atoms with Gasteiger partial charge in [0.1, 0.15) is 11.3 Å². The molecule has 3 heterocycles. The van der Waals surface area contributed by atoms with Gasteiger partial charge in [-0.05, 0) is 18.6 Å². The molecule has 7 nitrogen and oxygen atoms in total. The number of carbonyl (C=O) groups is 1. The number of hydrogen-bond donors (Lipinski definition) is 1. The van der Waals surface area contributed by atoms with Crippen molar-refractivity contribution >= 4 is 17.1 Å². The lowest BCUT2D eigenvalue weighted by molar-refractivity contribution is -0.121. The van der Waals surface area contributed by atoms with E-state index in [1.807, 2.05) is 57.7 Å². The molecule has 5 aromatic rings. The summed E-state index contributed by atoms with van der Waals surface area (Å²) in [4.78, 5) is 12.3. The summed E-state index contributed by atoms with van der Waals surface area (Å²) in [5.41, 5.74) is 5.85. The first-order chi connectivity index (χ1) is 15.2. The van der Waals surface area contributed by atoms with Crippen LogP contribution in [0.3, 0.4) is 0 Å². The van der Waals surface area contributed by atoms with Crippen LogP contribution in [0, 0.1) is 6.92 Å². The van der Waals surface area contributed by atoms with Crippen LogP contribution in [0.1, 0.15) is 23.4 Å². The number of rotatable bonds is 6. The predicted octanol–water partition coefficient (Wildman–Crippen LogP) is 3.60. The molecule has 0 fully saturated rings. The average molecular weight is 410 g/mol. The molecule has 2 aromatic carbocycles. The number of carbonyl (C=O) groups excluding carboxylic acids is 1. The zero-order valence-electron chi connectivity index (χ0n) is 17.2. The smallest absolute Gasteiger partial charge is 0.220 e. The maximum absolute atomic E-state index is 12.3. The summed E-state index contributed by atoms with van der Waals surface area (Å²) >= 11 is 0. The van der Waals surface area contributed by atoms with Crippen LogP contribution in [0.4, 0.5) is 0 Å². The Kier molecular flexibility index (Phi) is 4.92. The second-order valence-corrected chi connectivity index (χ2v) is 7.60. The van der Waals surface area contributed by atoms with E-state index < -0.39 is 0 Å². The molecule has 0 saturated heterocycles. The summed E-state index contributed by atoms with van der Waals surface area (Å²) in [6, 6.07) is 20.2. The van der Waals surface area contributed by atoms with E-state index in [-0.39, 0.29) is 5.91 Å². The van der Waals surface area contributed by atoms with Crippen molar-refractivity contribution in [2.24, 2.45) is 0 Å². The van der Waals surface area contributed by atoms with Crippen LogP contribution in [-0.2, 0) is 17.8 Å². The molecule has 154 valence electrons. The van der Waals surface area contributed by atoms with E-state index in [4.69, 9.17) is 0 Å². The van der Waals surface area contributed by atoms with Crippen LogP contribution in [-0.4, -0.2) is 30.1 Å². The molecule has 0 unspecified atom stereocenters. The Bertz CT molecular complexity index is 1350. The van der Waals surface area contributed by atoms with Crippen molar-refractivity contribution in [2.45, 2.75) is 26.3 Å². The Morgan fingerprint density at radius 2 is 1.81 bits per heavy atom. The van der Waals surface area contributed by atoms with Gasteiger partial charge in [-0.1, -0.05) is 60.2 Å². The fourth-order valence-corrected chi connectivity index (χ4v) is 3.61. The lowest BCUT2D eigenvalue weighted by Crippen LogP contribution is -2.23. The van der Waals surface area contributed by atoms with E-state index >= 15 is 0 Å². The first-order valence-corrected chi connectivity index (χ1v) is 10.3. The molecule has 0 aliphatic carbocycles. The summed E-state index contributed by atoms with van der Waals surface area (Å²) in [5, 5.41) is 16.3. The zero-order chi connectivity index (χ0) is 21.2. The van der Waals surface area contributed by atoms with Gasteiger partial charge in [0.15, 0.2) is 5.65 Å². The molecule has 0 spiro atoms. The fourth-order valence-electron chi connectivity index (χ4n) is 3.61. The zero-order valence-corrected chi connectivity index (χ0v) is 17.2. The maximum Gasteiger partial charge on any atom is 0.220 e. The number of aromatic nitrogens is 5. The number of aryl methyl sites for hydroxylation is 2. The second kappa shape index (κ2) is 8.02. The van der Waals surface area contributed by atoms with Crippen LogP contribution < -0.4 is 5.32 Å². The largest absolute Gasteiger partial charge is 0.352 e. The molecule has 31 heavy (non-hydrogen) atoms. The molecule has 0 saturated carbocycles. The first-order valence-electron chi connectivity index (χ1n) is 10.3. The molecule has 0 aliphatic rings. The van der Waals surface area contributed by atoms with E-state index in [1.165, 1.54) is 5.56 Å². The van der Waals surface area contributed by atoms with Crippen LogP contribution in [0.25, 0.3) is 22.4 Å². The van der Waals surface area contributed by atoms with Gasteiger partial charge >= 0.3 is 0 Å². The predicted molar refractivity (Wildman–Crippen MR) is 119 cm³/mol. The van der Waals surface area contributed by atoms with Gasteiger partial charge in [-0.25, -0.2) is 4.52 Å². The van der Waals surface area contributed by atoms with Gasteiger partial charge in [-0.3, -0.25) is 9.20 Å². The van der Waals surface area contributed by atoms with Crippen LogP contribution in [0.5, 0.6) is 0 Å². The Hall–Kier alpha value is -4.00. The van der Waals surface area contributed by atoms with Crippen LogP contribution in [0.2, 0.25) is 0 Å². The highest BCUT2D eigenvalue weighted by atomic mass is 16.1. The molecule has 1 N–H and O–H groups in total. The quantitative estimate of drug-likeness (QED) is 0.464. The Balaban J connectivity index is 1.33. The Labute approximate surface area is 179 Å². The summed E-state index contributed by atoms with van der Waals surface area (Å²) in [5.74, 6) is 0.748. The average Bonchev–Trinajstić information content (AvgIpc) is 3.41. The third kappa shape index (κ3) is 3.90. The Morgan fingerprint density at radius 1 is 1.00 bits per heavy atom. The van der Waals surface area contributed by atoms with Crippen molar-refractivity contribution in [3.63, 3.8) is 0 Å². The minimum Gasteiger partial charge on any atom is -0.352 e. The van der Waals surface area contributed by atoms with Gasteiger partial charge < -0.3 is 5.32 Å². The number of fused-ring (bicyclic) bond motifs is 3. The van der Waals surface area contributed by atoms with Crippen molar-refractivity contribution in [2.75, 3.05) is 0 Å². The lowest BCUT2D eigenvalue weighted by Gasteiger charge is -2.05. The first kappa shape index (κ1) is 19.0. The number of nitrogens with one attached hydrogen (secondary N) is 1. The second-order valence-electron chi connectivity index (χ2n) is 7.60. The van der Waals surface area contributed by atoms with Gasteiger partial charge in [0.2, 0.25) is 5.91 Å². The molecular formula is C24H22N6O. The SMILES string of the molecule is Cc1ccc(-c2cc3c4nnc(CCC(=O)NCc5ccccc5)n4ccn3n2)cc1. The van der Waals surface area contributed by atoms with Gasteiger partial charge in [-0.15, -0.1) is 10.2 Å². The maximum atomic E-state index is 12.3. The number of hydrogen-bond acceptors (Lipinski definition) is 4. The molecule has 3 aromatic heterocycles. The van der Waals surface area contributed by atoms with Gasteiger partial charge in [0.25, 0.3) is 0 Å². The van der Waals surface area contributed by atoms with Gasteiger partial charge in [0.05, 0.1) is 5.69 Å². The minimum absolute atomic E-state index is 0.00677. The third-order valence-electron chi connectivity index (χ3n) is 5.34. The van der Waals surface area contributed by atoms with Crippen LogP contribution in [0.15, 0.2) is 73.1 Å². The minimum atomic E-state index is -0.00677. The third-order valence-corrected chi connectivity index (χ3v) is 5.34. The number of nitrogens with zero attached hydrogens (tertiary/aromatic N) is 5. The van der Waals surface area contributed by atoms with E-state index in [0.717, 1.165) is 33.8 Å². The lowest BCUT2D eigenvalue weighted by atomic mass is 10.1. The van der Waals surface area contributed by atoms with E-state index in [9.17, 15) is 4.79 Å². The summed E-state index contributed by atoms with van der Waals surface area (Å²) < 4.78 is 3.75. The normalized spacial score (nSPS) is 11.3. The van der Waals surface area contributed by atoms with Crippen LogP contribution >= 0.6 is 0 Å². The van der Waals surface area contributed by atoms with Crippen molar-refractivity contribution in [3.8, 4) is 11.3 Å². The highest BCUT2D eigenvalue weighted by Crippen LogP contribution is 2.22. The van der Waals surface area contributed by atoms with Crippen molar-refractivity contribution in [1.29, 1.82) is 0 Å². The van der Waals surface area contributed by atoms with Gasteiger partial charge in [-0.2, -0.15) is 5.10 Å².